The first kappa shape index (κ1) is 23.9. The van der Waals surface area contributed by atoms with Gasteiger partial charge >= 0.3 is 0 Å². The number of hydrogen-bond donors (Lipinski definition) is 3. The predicted octanol–water partition coefficient (Wildman–Crippen LogP) is 6.78. The highest BCUT2D eigenvalue weighted by molar-refractivity contribution is 5.85. The summed E-state index contributed by atoms with van der Waals surface area (Å²) in [6.45, 7) is 2.26. The zero-order chi connectivity index (χ0) is 23.8. The fraction of sp³-hybridized carbons (Fsp3) is 0.379. The van der Waals surface area contributed by atoms with Crippen molar-refractivity contribution in [2.75, 3.05) is 7.11 Å². The number of rotatable bonds is 12. The number of aromatic nitrogens is 3. The summed E-state index contributed by atoms with van der Waals surface area (Å²) in [4.78, 5) is 10.3. The summed E-state index contributed by atoms with van der Waals surface area (Å²) >= 11 is 0. The minimum absolute atomic E-state index is 0.238. The number of aromatic amines is 3. The number of methoxy groups -OCH3 is 1. The molecule has 4 aromatic rings. The smallest absolute Gasteiger partial charge is 0.144 e. The van der Waals surface area contributed by atoms with Gasteiger partial charge in [0.1, 0.15) is 11.6 Å². The van der Waals surface area contributed by atoms with Crippen LogP contribution in [0, 0.1) is 5.82 Å². The van der Waals surface area contributed by atoms with E-state index in [2.05, 4.69) is 46.2 Å². The normalized spacial score (nSPS) is 12.8. The molecule has 0 saturated carbocycles. The molecule has 4 rings (SSSR count). The zero-order valence-electron chi connectivity index (χ0n) is 20.3. The number of nitrogens with one attached hydrogen (secondary N) is 3. The molecule has 0 aliphatic heterocycles. The standard InChI is InChI=1S/C29H36FN3O/c1-3-4-5-6-7-8-9-10-11-12-23-14-15-24(31-23)19-28-29(34-2)20-27(33-28)26-18-21-17-22(30)13-16-25(21)32-26/h12-20,31-33H,3-11H2,1-2H3. The lowest BCUT2D eigenvalue weighted by molar-refractivity contribution is 0.414. The zero-order valence-corrected chi connectivity index (χ0v) is 20.3. The van der Waals surface area contributed by atoms with Gasteiger partial charge in [-0.2, -0.15) is 0 Å². The van der Waals surface area contributed by atoms with Gasteiger partial charge in [-0.15, -0.1) is 0 Å². The van der Waals surface area contributed by atoms with E-state index in [1.54, 1.807) is 13.2 Å². The Morgan fingerprint density at radius 1 is 0.794 bits per heavy atom. The maximum Gasteiger partial charge on any atom is 0.144 e. The second kappa shape index (κ2) is 11.8. The minimum atomic E-state index is -0.238. The lowest BCUT2D eigenvalue weighted by Crippen LogP contribution is -2.09. The van der Waals surface area contributed by atoms with Gasteiger partial charge in [-0.25, -0.2) is 4.39 Å². The molecule has 0 radical (unpaired) electrons. The molecular weight excluding hydrogens is 425 g/mol. The Morgan fingerprint density at radius 3 is 2.32 bits per heavy atom. The van der Waals surface area contributed by atoms with Crippen LogP contribution >= 0.6 is 0 Å². The first-order valence-electron chi connectivity index (χ1n) is 12.6. The fourth-order valence-electron chi connectivity index (χ4n) is 4.45. The van der Waals surface area contributed by atoms with Gasteiger partial charge in [0, 0.05) is 27.7 Å². The van der Waals surface area contributed by atoms with Crippen LogP contribution in [-0.4, -0.2) is 22.1 Å². The second-order valence-corrected chi connectivity index (χ2v) is 9.06. The summed E-state index contributed by atoms with van der Waals surface area (Å²) in [5, 5.41) is 3.01. The van der Waals surface area contributed by atoms with Gasteiger partial charge in [0.25, 0.3) is 0 Å². The molecule has 0 aliphatic rings. The number of ether oxygens (including phenoxy) is 1. The van der Waals surface area contributed by atoms with Gasteiger partial charge in [-0.3, -0.25) is 0 Å². The Labute approximate surface area is 200 Å². The molecule has 5 heteroatoms. The number of benzene rings is 1. The Hall–Kier alpha value is -3.21. The first-order chi connectivity index (χ1) is 16.7. The van der Waals surface area contributed by atoms with Crippen LogP contribution in [0.1, 0.15) is 70.4 Å². The topological polar surface area (TPSA) is 56.6 Å². The molecule has 3 N–H and O–H groups in total. The third kappa shape index (κ3) is 6.22. The van der Waals surface area contributed by atoms with Crippen molar-refractivity contribution < 1.29 is 9.13 Å². The van der Waals surface area contributed by atoms with Gasteiger partial charge < -0.3 is 19.7 Å². The Morgan fingerprint density at radius 2 is 1.53 bits per heavy atom. The monoisotopic (exact) mass is 461 g/mol. The van der Waals surface area contributed by atoms with Gasteiger partial charge in [-0.05, 0) is 55.3 Å². The average molecular weight is 462 g/mol. The number of unbranched alkanes of at least 4 members (excludes halogenated alkanes) is 8. The largest absolute Gasteiger partial charge is 0.494 e. The first-order valence-corrected chi connectivity index (χ1v) is 12.6. The Kier molecular flexibility index (Phi) is 8.29. The van der Waals surface area contributed by atoms with Crippen molar-refractivity contribution in [1.29, 1.82) is 0 Å². The van der Waals surface area contributed by atoms with E-state index in [0.29, 0.717) is 0 Å². The predicted molar refractivity (Wildman–Crippen MR) is 140 cm³/mol. The summed E-state index contributed by atoms with van der Waals surface area (Å²) in [5.74, 6) is 0.525. The van der Waals surface area contributed by atoms with E-state index in [1.165, 1.54) is 63.5 Å². The minimum Gasteiger partial charge on any atom is -0.494 e. The molecule has 0 saturated heterocycles. The van der Waals surface area contributed by atoms with Gasteiger partial charge in [0.15, 0.2) is 0 Å². The maximum atomic E-state index is 13.5. The molecule has 4 nitrogen and oxygen atoms in total. The molecule has 0 amide bonds. The van der Waals surface area contributed by atoms with Crippen LogP contribution < -0.4 is 15.4 Å². The van der Waals surface area contributed by atoms with Crippen LogP contribution in [0.4, 0.5) is 4.39 Å². The number of fused-ring (bicyclic) bond motifs is 1. The van der Waals surface area contributed by atoms with Gasteiger partial charge in [-0.1, -0.05) is 57.9 Å². The van der Waals surface area contributed by atoms with Crippen LogP contribution in [0.2, 0.25) is 0 Å². The Bertz CT molecular complexity index is 1310. The molecule has 180 valence electrons. The third-order valence-electron chi connectivity index (χ3n) is 6.36. The summed E-state index contributed by atoms with van der Waals surface area (Å²) in [6, 6.07) is 12.9. The lowest BCUT2D eigenvalue weighted by Gasteiger charge is -1.99. The van der Waals surface area contributed by atoms with Crippen molar-refractivity contribution in [3.8, 4) is 17.1 Å². The number of halogens is 1. The summed E-state index contributed by atoms with van der Waals surface area (Å²) < 4.78 is 19.1. The highest BCUT2D eigenvalue weighted by atomic mass is 19.1. The molecule has 1 aromatic carbocycles. The van der Waals surface area contributed by atoms with Crippen LogP contribution in [-0.2, 0) is 0 Å². The van der Waals surface area contributed by atoms with Crippen LogP contribution in [0.5, 0.6) is 5.75 Å². The van der Waals surface area contributed by atoms with Crippen molar-refractivity contribution in [2.45, 2.75) is 64.7 Å². The number of hydrogen-bond acceptors (Lipinski definition) is 1. The van der Waals surface area contributed by atoms with Crippen molar-refractivity contribution in [3.05, 3.63) is 64.7 Å². The molecule has 0 spiro atoms. The van der Waals surface area contributed by atoms with Crippen LogP contribution in [0.15, 0.2) is 42.5 Å². The quantitative estimate of drug-likeness (QED) is 0.200. The van der Waals surface area contributed by atoms with E-state index in [-0.39, 0.29) is 5.82 Å². The van der Waals surface area contributed by atoms with E-state index in [1.807, 2.05) is 12.1 Å². The third-order valence-corrected chi connectivity index (χ3v) is 6.36. The molecule has 0 atom stereocenters. The molecular formula is C29H36FN3O. The van der Waals surface area contributed by atoms with E-state index >= 15 is 0 Å². The SMILES string of the molecule is CCCCCCCCCCC=c1ccc(=Cc2[nH]c(-c3cc4cc(F)ccc4[nH]3)cc2OC)[nH]1. The lowest BCUT2D eigenvalue weighted by atomic mass is 10.1. The number of H-pyrrole nitrogens is 3. The van der Waals surface area contributed by atoms with Crippen LogP contribution in [0.3, 0.4) is 0 Å². The Balaban J connectivity index is 1.40. The van der Waals surface area contributed by atoms with E-state index in [9.17, 15) is 4.39 Å². The molecule has 0 unspecified atom stereocenters. The van der Waals surface area contributed by atoms with E-state index in [4.69, 9.17) is 4.74 Å². The highest BCUT2D eigenvalue weighted by Gasteiger charge is 2.11. The highest BCUT2D eigenvalue weighted by Crippen LogP contribution is 2.29. The molecule has 3 aromatic heterocycles. The molecule has 0 bridgehead atoms. The molecule has 3 heterocycles. The fourth-order valence-corrected chi connectivity index (χ4v) is 4.45. The average Bonchev–Trinajstić information content (AvgIpc) is 3.56. The molecule has 0 fully saturated rings. The summed E-state index contributed by atoms with van der Waals surface area (Å²) in [6.07, 6.45) is 16.2. The van der Waals surface area contributed by atoms with E-state index < -0.39 is 0 Å². The molecule has 0 aliphatic carbocycles. The van der Waals surface area contributed by atoms with E-state index in [0.717, 1.165) is 50.9 Å². The summed E-state index contributed by atoms with van der Waals surface area (Å²) in [7, 11) is 1.67. The second-order valence-electron chi connectivity index (χ2n) is 9.06. The van der Waals surface area contributed by atoms with Crippen LogP contribution in [0.25, 0.3) is 34.4 Å². The van der Waals surface area contributed by atoms with Gasteiger partial charge in [0.2, 0.25) is 0 Å². The van der Waals surface area contributed by atoms with Crippen molar-refractivity contribution in [2.24, 2.45) is 0 Å². The van der Waals surface area contributed by atoms with Crippen molar-refractivity contribution in [3.63, 3.8) is 0 Å². The summed E-state index contributed by atoms with van der Waals surface area (Å²) in [5.41, 5.74) is 3.58. The molecule has 34 heavy (non-hydrogen) atoms. The van der Waals surface area contributed by atoms with Crippen molar-refractivity contribution in [1.82, 2.24) is 15.0 Å². The van der Waals surface area contributed by atoms with Gasteiger partial charge in [0.05, 0.1) is 24.2 Å². The van der Waals surface area contributed by atoms with Crippen molar-refractivity contribution >= 4 is 23.1 Å². The maximum absolute atomic E-state index is 13.5.